The summed E-state index contributed by atoms with van der Waals surface area (Å²) in [6.07, 6.45) is 1.41. The Morgan fingerprint density at radius 2 is 2.50 bits per heavy atom. The van der Waals surface area contributed by atoms with Crippen LogP contribution < -0.4 is 16.0 Å². The predicted octanol–water partition coefficient (Wildman–Crippen LogP) is -1.23. The number of nitrogens with zero attached hydrogens (tertiary/aromatic N) is 3. The lowest BCUT2D eigenvalue weighted by atomic mass is 10.3. The van der Waals surface area contributed by atoms with Crippen LogP contribution in [-0.4, -0.2) is 34.3 Å². The van der Waals surface area contributed by atoms with Crippen LogP contribution >= 0.6 is 0 Å². The SMILES string of the molecule is Nc1ncc2c(n1)N(CO)CC(=O)N2. The van der Waals surface area contributed by atoms with Crippen LogP contribution in [0.3, 0.4) is 0 Å². The Bertz CT molecular complexity index is 380. The molecule has 0 aliphatic carbocycles. The zero-order valence-corrected chi connectivity index (χ0v) is 7.27. The van der Waals surface area contributed by atoms with E-state index >= 15 is 0 Å². The molecule has 1 aromatic rings. The zero-order chi connectivity index (χ0) is 10.1. The van der Waals surface area contributed by atoms with Crippen molar-refractivity contribution in [3.63, 3.8) is 0 Å². The summed E-state index contributed by atoms with van der Waals surface area (Å²) in [7, 11) is 0. The predicted molar refractivity (Wildman–Crippen MR) is 49.5 cm³/mol. The van der Waals surface area contributed by atoms with Crippen molar-refractivity contribution in [2.45, 2.75) is 0 Å². The summed E-state index contributed by atoms with van der Waals surface area (Å²) in [6, 6.07) is 0. The van der Waals surface area contributed by atoms with E-state index in [2.05, 4.69) is 15.3 Å². The lowest BCUT2D eigenvalue weighted by molar-refractivity contribution is -0.115. The molecule has 0 atom stereocenters. The number of carbonyl (C=O) groups excluding carboxylic acids is 1. The van der Waals surface area contributed by atoms with Crippen molar-refractivity contribution in [1.82, 2.24) is 9.97 Å². The molecule has 7 nitrogen and oxygen atoms in total. The van der Waals surface area contributed by atoms with Crippen LogP contribution in [0.2, 0.25) is 0 Å². The number of anilines is 3. The molecule has 0 saturated carbocycles. The van der Waals surface area contributed by atoms with Gasteiger partial charge in [0.15, 0.2) is 5.82 Å². The van der Waals surface area contributed by atoms with E-state index in [0.717, 1.165) is 0 Å². The lowest BCUT2D eigenvalue weighted by Gasteiger charge is -2.27. The highest BCUT2D eigenvalue weighted by Gasteiger charge is 2.22. The Kier molecular flexibility index (Phi) is 1.93. The maximum atomic E-state index is 11.1. The molecule has 0 bridgehead atoms. The zero-order valence-electron chi connectivity index (χ0n) is 7.27. The van der Waals surface area contributed by atoms with Gasteiger partial charge in [0.05, 0.1) is 6.20 Å². The highest BCUT2D eigenvalue weighted by Crippen LogP contribution is 2.25. The minimum atomic E-state index is -0.281. The molecule has 4 N–H and O–H groups in total. The third-order valence-electron chi connectivity index (χ3n) is 1.87. The molecule has 1 aromatic heterocycles. The van der Waals surface area contributed by atoms with Crippen LogP contribution in [0.1, 0.15) is 0 Å². The van der Waals surface area contributed by atoms with E-state index in [1.165, 1.54) is 11.1 Å². The van der Waals surface area contributed by atoms with E-state index in [-0.39, 0.29) is 25.1 Å². The maximum absolute atomic E-state index is 11.1. The highest BCUT2D eigenvalue weighted by molar-refractivity contribution is 6.00. The number of nitrogens with two attached hydrogens (primary N) is 1. The number of amides is 1. The van der Waals surface area contributed by atoms with Crippen molar-refractivity contribution in [3.05, 3.63) is 6.20 Å². The summed E-state index contributed by atoms with van der Waals surface area (Å²) in [5.41, 5.74) is 5.85. The Balaban J connectivity index is 2.46. The number of rotatable bonds is 1. The molecule has 2 heterocycles. The first-order valence-electron chi connectivity index (χ1n) is 3.99. The smallest absolute Gasteiger partial charge is 0.244 e. The number of hydrogen-bond donors (Lipinski definition) is 3. The van der Waals surface area contributed by atoms with Gasteiger partial charge in [0.2, 0.25) is 11.9 Å². The minimum Gasteiger partial charge on any atom is -0.376 e. The second-order valence-corrected chi connectivity index (χ2v) is 2.85. The standard InChI is InChI=1S/C7H9N5O2/c8-7-9-1-4-6(11-7)12(3-13)2-5(14)10-4/h1,13H,2-3H2,(H,10,14)(H2,8,9,11). The van der Waals surface area contributed by atoms with Gasteiger partial charge in [-0.2, -0.15) is 4.98 Å². The Labute approximate surface area is 79.6 Å². The van der Waals surface area contributed by atoms with Crippen LogP contribution in [0.4, 0.5) is 17.5 Å². The molecule has 74 valence electrons. The molecule has 1 amide bonds. The molecule has 2 rings (SSSR count). The normalized spacial score (nSPS) is 14.9. The quantitative estimate of drug-likeness (QED) is 0.518. The third-order valence-corrected chi connectivity index (χ3v) is 1.87. The van der Waals surface area contributed by atoms with Crippen LogP contribution in [0.25, 0.3) is 0 Å². The van der Waals surface area contributed by atoms with Gasteiger partial charge in [0, 0.05) is 0 Å². The molecular weight excluding hydrogens is 186 g/mol. The van der Waals surface area contributed by atoms with Gasteiger partial charge in [-0.05, 0) is 0 Å². The molecule has 1 aliphatic heterocycles. The maximum Gasteiger partial charge on any atom is 0.244 e. The second kappa shape index (κ2) is 3.11. The first-order valence-corrected chi connectivity index (χ1v) is 3.99. The first kappa shape index (κ1) is 8.70. The monoisotopic (exact) mass is 195 g/mol. The molecule has 0 aromatic carbocycles. The van der Waals surface area contributed by atoms with Gasteiger partial charge in [0.25, 0.3) is 0 Å². The first-order chi connectivity index (χ1) is 6.70. The summed E-state index contributed by atoms with van der Waals surface area (Å²) in [5, 5.41) is 11.6. The van der Waals surface area contributed by atoms with Gasteiger partial charge in [-0.1, -0.05) is 0 Å². The summed E-state index contributed by atoms with van der Waals surface area (Å²) in [6.45, 7) is -0.211. The lowest BCUT2D eigenvalue weighted by Crippen LogP contribution is -2.39. The molecule has 0 saturated heterocycles. The van der Waals surface area contributed by atoms with E-state index in [1.807, 2.05) is 0 Å². The minimum absolute atomic E-state index is 0.0694. The summed E-state index contributed by atoms with van der Waals surface area (Å²) in [4.78, 5) is 20.2. The average Bonchev–Trinajstić information content (AvgIpc) is 2.17. The van der Waals surface area contributed by atoms with Crippen LogP contribution in [0, 0.1) is 0 Å². The van der Waals surface area contributed by atoms with Crippen LogP contribution in [-0.2, 0) is 4.79 Å². The highest BCUT2D eigenvalue weighted by atomic mass is 16.3. The number of nitrogens with one attached hydrogen (secondary N) is 1. The van der Waals surface area contributed by atoms with Gasteiger partial charge in [-0.25, -0.2) is 4.98 Å². The Morgan fingerprint density at radius 3 is 3.21 bits per heavy atom. The van der Waals surface area contributed by atoms with E-state index in [1.54, 1.807) is 0 Å². The number of hydrogen-bond acceptors (Lipinski definition) is 6. The van der Waals surface area contributed by atoms with E-state index < -0.39 is 0 Å². The molecule has 0 spiro atoms. The second-order valence-electron chi connectivity index (χ2n) is 2.85. The topological polar surface area (TPSA) is 104 Å². The average molecular weight is 195 g/mol. The van der Waals surface area contributed by atoms with E-state index in [0.29, 0.717) is 11.5 Å². The summed E-state index contributed by atoms with van der Waals surface area (Å²) in [5.74, 6) is 0.345. The Hall–Kier alpha value is -1.89. The fraction of sp³-hybridized carbons (Fsp3) is 0.286. The van der Waals surface area contributed by atoms with Gasteiger partial charge in [0.1, 0.15) is 19.0 Å². The fourth-order valence-electron chi connectivity index (χ4n) is 1.27. The number of aliphatic hydroxyl groups is 1. The molecule has 14 heavy (non-hydrogen) atoms. The van der Waals surface area contributed by atoms with Gasteiger partial charge < -0.3 is 21.1 Å². The number of aliphatic hydroxyl groups excluding tert-OH is 1. The van der Waals surface area contributed by atoms with Crippen LogP contribution in [0.5, 0.6) is 0 Å². The van der Waals surface area contributed by atoms with Crippen LogP contribution in [0.15, 0.2) is 6.20 Å². The van der Waals surface area contributed by atoms with Crippen molar-refractivity contribution in [2.24, 2.45) is 0 Å². The molecule has 7 heteroatoms. The van der Waals surface area contributed by atoms with Crippen molar-refractivity contribution in [3.8, 4) is 0 Å². The van der Waals surface area contributed by atoms with Crippen molar-refractivity contribution in [2.75, 3.05) is 29.2 Å². The molecule has 0 radical (unpaired) electrons. The van der Waals surface area contributed by atoms with E-state index in [9.17, 15) is 4.79 Å². The number of aromatic nitrogens is 2. The third kappa shape index (κ3) is 1.33. The number of carbonyl (C=O) groups is 1. The summed E-state index contributed by atoms with van der Waals surface area (Å²) < 4.78 is 0. The largest absolute Gasteiger partial charge is 0.376 e. The van der Waals surface area contributed by atoms with Crippen molar-refractivity contribution in [1.29, 1.82) is 0 Å². The fourth-order valence-corrected chi connectivity index (χ4v) is 1.27. The van der Waals surface area contributed by atoms with Gasteiger partial charge in [-0.3, -0.25) is 4.79 Å². The molecular formula is C7H9N5O2. The molecule has 1 aliphatic rings. The van der Waals surface area contributed by atoms with Crippen molar-refractivity contribution < 1.29 is 9.90 Å². The van der Waals surface area contributed by atoms with Gasteiger partial charge >= 0.3 is 0 Å². The number of fused-ring (bicyclic) bond motifs is 1. The summed E-state index contributed by atoms with van der Waals surface area (Å²) >= 11 is 0. The van der Waals surface area contributed by atoms with Gasteiger partial charge in [-0.15, -0.1) is 0 Å². The number of nitrogen functional groups attached to an aromatic ring is 1. The van der Waals surface area contributed by atoms with Crippen molar-refractivity contribution >= 4 is 23.4 Å². The molecule has 0 unspecified atom stereocenters. The molecule has 0 fully saturated rings. The Morgan fingerprint density at radius 1 is 1.71 bits per heavy atom. The van der Waals surface area contributed by atoms with E-state index in [4.69, 9.17) is 10.8 Å².